The monoisotopic (exact) mass is 282 g/mol. The molecular weight excluding hydrogens is 268 g/mol. The minimum Gasteiger partial charge on any atom is -0.346 e. The standard InChI is InChI=1S/C10H14N6O4/c1-10(4-12-14-11)5-19-9(20-6-10)8-7(16(17)18)3-13-15(8)2/h3,9H,4-6H2,1-2H3/t9-,10-. The van der Waals surface area contributed by atoms with Crippen molar-refractivity contribution in [2.24, 2.45) is 17.6 Å². The summed E-state index contributed by atoms with van der Waals surface area (Å²) in [5.74, 6) is 0. The van der Waals surface area contributed by atoms with Gasteiger partial charge in [-0.25, -0.2) is 0 Å². The predicted octanol–water partition coefficient (Wildman–Crippen LogP) is 1.69. The molecule has 0 unspecified atom stereocenters. The molecule has 0 bridgehead atoms. The molecule has 20 heavy (non-hydrogen) atoms. The molecule has 10 nitrogen and oxygen atoms in total. The van der Waals surface area contributed by atoms with Crippen molar-refractivity contribution in [2.45, 2.75) is 13.2 Å². The van der Waals surface area contributed by atoms with Crippen molar-refractivity contribution in [3.63, 3.8) is 0 Å². The number of nitro groups is 1. The van der Waals surface area contributed by atoms with Crippen LogP contribution >= 0.6 is 0 Å². The van der Waals surface area contributed by atoms with Crippen LogP contribution in [0.25, 0.3) is 10.4 Å². The third kappa shape index (κ3) is 2.72. The number of ether oxygens (including phenoxy) is 2. The van der Waals surface area contributed by atoms with E-state index in [9.17, 15) is 10.1 Å². The van der Waals surface area contributed by atoms with Gasteiger partial charge in [0.1, 0.15) is 6.20 Å². The normalized spacial score (nSPS) is 26.0. The second kappa shape index (κ2) is 5.45. The maximum absolute atomic E-state index is 10.9. The van der Waals surface area contributed by atoms with Crippen LogP contribution in [0.1, 0.15) is 18.9 Å². The summed E-state index contributed by atoms with van der Waals surface area (Å²) in [6.07, 6.45) is 0.317. The molecule has 0 atom stereocenters. The molecule has 1 aliphatic heterocycles. The Morgan fingerprint density at radius 3 is 2.90 bits per heavy atom. The van der Waals surface area contributed by atoms with E-state index < -0.39 is 16.6 Å². The highest BCUT2D eigenvalue weighted by Gasteiger charge is 2.37. The number of aryl methyl sites for hydroxylation is 1. The highest BCUT2D eigenvalue weighted by molar-refractivity contribution is 5.34. The van der Waals surface area contributed by atoms with E-state index in [1.165, 1.54) is 4.68 Å². The van der Waals surface area contributed by atoms with Gasteiger partial charge in [0.05, 0.1) is 18.1 Å². The van der Waals surface area contributed by atoms with Crippen LogP contribution in [-0.4, -0.2) is 34.5 Å². The lowest BCUT2D eigenvalue weighted by Gasteiger charge is -2.35. The second-order valence-electron chi connectivity index (χ2n) is 4.95. The van der Waals surface area contributed by atoms with Gasteiger partial charge in [0, 0.05) is 23.9 Å². The van der Waals surface area contributed by atoms with Gasteiger partial charge >= 0.3 is 5.69 Å². The topological polar surface area (TPSA) is 128 Å². The van der Waals surface area contributed by atoms with Crippen LogP contribution in [0.15, 0.2) is 11.3 Å². The van der Waals surface area contributed by atoms with Gasteiger partial charge in [-0.2, -0.15) is 5.10 Å². The molecule has 0 radical (unpaired) electrons. The molecule has 1 saturated heterocycles. The molecule has 10 heteroatoms. The zero-order valence-electron chi connectivity index (χ0n) is 11.1. The third-order valence-electron chi connectivity index (χ3n) is 3.07. The van der Waals surface area contributed by atoms with E-state index >= 15 is 0 Å². The minimum absolute atomic E-state index is 0.142. The van der Waals surface area contributed by atoms with Gasteiger partial charge in [0.15, 0.2) is 5.69 Å². The van der Waals surface area contributed by atoms with Crippen LogP contribution in [0.5, 0.6) is 0 Å². The molecule has 0 N–H and O–H groups in total. The Kier molecular flexibility index (Phi) is 3.89. The first-order valence-electron chi connectivity index (χ1n) is 5.87. The fourth-order valence-electron chi connectivity index (χ4n) is 1.94. The molecule has 1 fully saturated rings. The first-order chi connectivity index (χ1) is 9.47. The third-order valence-corrected chi connectivity index (χ3v) is 3.07. The molecule has 0 aromatic carbocycles. The molecular formula is C10H14N6O4. The SMILES string of the molecule is Cn1ncc([N+](=O)[O-])c1[C@H]1OC[C@](C)(CN=[N+]=[N-])CO1. The van der Waals surface area contributed by atoms with Crippen molar-refractivity contribution in [3.05, 3.63) is 32.4 Å². The first kappa shape index (κ1) is 14.3. The summed E-state index contributed by atoms with van der Waals surface area (Å²) >= 11 is 0. The van der Waals surface area contributed by atoms with Crippen molar-refractivity contribution in [3.8, 4) is 0 Å². The van der Waals surface area contributed by atoms with Crippen molar-refractivity contribution in [2.75, 3.05) is 19.8 Å². The molecule has 0 aliphatic carbocycles. The maximum Gasteiger partial charge on any atom is 0.315 e. The van der Waals surface area contributed by atoms with Gasteiger partial charge in [-0.3, -0.25) is 14.8 Å². The van der Waals surface area contributed by atoms with Crippen LogP contribution < -0.4 is 0 Å². The summed E-state index contributed by atoms with van der Waals surface area (Å²) in [4.78, 5) is 13.1. The Balaban J connectivity index is 2.13. The number of nitrogens with zero attached hydrogens (tertiary/aromatic N) is 6. The van der Waals surface area contributed by atoms with E-state index in [1.54, 1.807) is 7.05 Å². The zero-order valence-corrected chi connectivity index (χ0v) is 11.1. The van der Waals surface area contributed by atoms with Gasteiger partial charge in [-0.05, 0) is 5.53 Å². The Bertz CT molecular complexity index is 556. The molecule has 0 spiro atoms. The molecule has 108 valence electrons. The second-order valence-corrected chi connectivity index (χ2v) is 4.95. The average Bonchev–Trinajstić information content (AvgIpc) is 2.80. The number of hydrogen-bond acceptors (Lipinski definition) is 6. The molecule has 1 aromatic rings. The number of aromatic nitrogens is 2. The van der Waals surface area contributed by atoms with Crippen LogP contribution in [-0.2, 0) is 16.5 Å². The Hall–Kier alpha value is -2.16. The summed E-state index contributed by atoms with van der Waals surface area (Å²) in [7, 11) is 1.59. The Morgan fingerprint density at radius 1 is 1.70 bits per heavy atom. The van der Waals surface area contributed by atoms with Crippen LogP contribution in [0, 0.1) is 15.5 Å². The van der Waals surface area contributed by atoms with Crippen molar-refractivity contribution in [1.29, 1.82) is 0 Å². The fraction of sp³-hybridized carbons (Fsp3) is 0.700. The smallest absolute Gasteiger partial charge is 0.315 e. The minimum atomic E-state index is -0.845. The lowest BCUT2D eigenvalue weighted by Crippen LogP contribution is -2.39. The number of hydrogen-bond donors (Lipinski definition) is 0. The highest BCUT2D eigenvalue weighted by Crippen LogP contribution is 2.35. The largest absolute Gasteiger partial charge is 0.346 e. The van der Waals surface area contributed by atoms with E-state index in [0.29, 0.717) is 0 Å². The van der Waals surface area contributed by atoms with Crippen LogP contribution in [0.2, 0.25) is 0 Å². The fourth-order valence-corrected chi connectivity index (χ4v) is 1.94. The van der Waals surface area contributed by atoms with Crippen molar-refractivity contribution < 1.29 is 14.4 Å². The van der Waals surface area contributed by atoms with Gasteiger partial charge in [0.2, 0.25) is 6.29 Å². The van der Waals surface area contributed by atoms with Gasteiger partial charge < -0.3 is 9.47 Å². The average molecular weight is 282 g/mol. The molecule has 0 saturated carbocycles. The van der Waals surface area contributed by atoms with E-state index in [-0.39, 0.29) is 31.1 Å². The summed E-state index contributed by atoms with van der Waals surface area (Å²) < 4.78 is 12.4. The van der Waals surface area contributed by atoms with Gasteiger partial charge in [-0.15, -0.1) is 0 Å². The summed E-state index contributed by atoms with van der Waals surface area (Å²) in [5.41, 5.74) is 8.03. The lowest BCUT2D eigenvalue weighted by atomic mass is 9.92. The van der Waals surface area contributed by atoms with Gasteiger partial charge in [0.25, 0.3) is 0 Å². The number of azide groups is 1. The van der Waals surface area contributed by atoms with Gasteiger partial charge in [-0.1, -0.05) is 12.0 Å². The molecule has 2 rings (SSSR count). The van der Waals surface area contributed by atoms with E-state index in [1.807, 2.05) is 6.92 Å². The molecule has 2 heterocycles. The molecule has 0 amide bonds. The van der Waals surface area contributed by atoms with E-state index in [0.717, 1.165) is 6.20 Å². The summed E-state index contributed by atoms with van der Waals surface area (Å²) in [6.45, 7) is 2.65. The first-order valence-corrected chi connectivity index (χ1v) is 5.87. The zero-order chi connectivity index (χ0) is 14.8. The highest BCUT2D eigenvalue weighted by atomic mass is 16.7. The Morgan fingerprint density at radius 2 is 2.35 bits per heavy atom. The van der Waals surface area contributed by atoms with Crippen molar-refractivity contribution in [1.82, 2.24) is 9.78 Å². The Labute approximate surface area is 114 Å². The molecule has 1 aliphatic rings. The van der Waals surface area contributed by atoms with E-state index in [4.69, 9.17) is 15.0 Å². The molecule has 1 aromatic heterocycles. The summed E-state index contributed by atoms with van der Waals surface area (Å²) in [6, 6.07) is 0. The quantitative estimate of drug-likeness (QED) is 0.273. The van der Waals surface area contributed by atoms with E-state index in [2.05, 4.69) is 15.1 Å². The summed E-state index contributed by atoms with van der Waals surface area (Å²) in [5, 5.41) is 18.3. The maximum atomic E-state index is 10.9. The predicted molar refractivity (Wildman–Crippen MR) is 66.6 cm³/mol. The van der Waals surface area contributed by atoms with Crippen LogP contribution in [0.3, 0.4) is 0 Å². The lowest BCUT2D eigenvalue weighted by molar-refractivity contribution is -0.388. The number of rotatable bonds is 4. The van der Waals surface area contributed by atoms with Crippen LogP contribution in [0.4, 0.5) is 5.69 Å². The van der Waals surface area contributed by atoms with Crippen molar-refractivity contribution >= 4 is 5.69 Å².